The third kappa shape index (κ3) is 4.36. The number of methoxy groups -OCH3 is 2. The summed E-state index contributed by atoms with van der Waals surface area (Å²) in [6.45, 7) is 4.60. The van der Waals surface area contributed by atoms with Crippen molar-refractivity contribution in [2.24, 2.45) is 5.92 Å². The molecule has 0 amide bonds. The van der Waals surface area contributed by atoms with Gasteiger partial charge in [-0.2, -0.15) is 0 Å². The lowest BCUT2D eigenvalue weighted by Gasteiger charge is -2.33. The number of hydrogen-bond acceptors (Lipinski definition) is 6. The van der Waals surface area contributed by atoms with Gasteiger partial charge in [0.05, 0.1) is 32.7 Å². The van der Waals surface area contributed by atoms with Crippen LogP contribution in [0.5, 0.6) is 17.4 Å². The van der Waals surface area contributed by atoms with Crippen LogP contribution >= 0.6 is 0 Å². The Morgan fingerprint density at radius 1 is 1.08 bits per heavy atom. The zero-order valence-electron chi connectivity index (χ0n) is 15.8. The number of ether oxygens (including phenoxy) is 3. The van der Waals surface area contributed by atoms with E-state index in [0.717, 1.165) is 55.4 Å². The molecular formula is C20H27N3O3. The molecule has 0 atom stereocenters. The van der Waals surface area contributed by atoms with Crippen molar-refractivity contribution in [3.05, 3.63) is 36.2 Å². The van der Waals surface area contributed by atoms with E-state index in [1.807, 2.05) is 31.2 Å². The van der Waals surface area contributed by atoms with Crippen LogP contribution in [0.15, 0.2) is 30.5 Å². The quantitative estimate of drug-likeness (QED) is 0.756. The van der Waals surface area contributed by atoms with E-state index < -0.39 is 0 Å². The fourth-order valence-electron chi connectivity index (χ4n) is 3.31. The number of hydrogen-bond donors (Lipinski definition) is 0. The molecule has 6 heteroatoms. The van der Waals surface area contributed by atoms with Gasteiger partial charge in [-0.1, -0.05) is 12.1 Å². The Bertz CT molecular complexity index is 715. The summed E-state index contributed by atoms with van der Waals surface area (Å²) in [6, 6.07) is 7.78. The lowest BCUT2D eigenvalue weighted by atomic mass is 9.94. The Labute approximate surface area is 155 Å². The molecule has 1 aromatic heterocycles. The molecule has 1 aromatic carbocycles. The fourth-order valence-corrected chi connectivity index (χ4v) is 3.31. The summed E-state index contributed by atoms with van der Waals surface area (Å²) >= 11 is 0. The monoisotopic (exact) mass is 357 g/mol. The Morgan fingerprint density at radius 3 is 2.50 bits per heavy atom. The van der Waals surface area contributed by atoms with E-state index in [-0.39, 0.29) is 0 Å². The maximum Gasteiger partial charge on any atom is 0.257 e. The summed E-state index contributed by atoms with van der Waals surface area (Å²) in [5.41, 5.74) is 0.910. The lowest BCUT2D eigenvalue weighted by Crippen LogP contribution is -2.35. The fraction of sp³-hybridized carbons (Fsp3) is 0.500. The first-order chi connectivity index (χ1) is 12.7. The number of rotatable bonds is 7. The van der Waals surface area contributed by atoms with Gasteiger partial charge < -0.3 is 19.1 Å². The van der Waals surface area contributed by atoms with Gasteiger partial charge >= 0.3 is 0 Å². The largest absolute Gasteiger partial charge is 0.493 e. The molecular weight excluding hydrogens is 330 g/mol. The van der Waals surface area contributed by atoms with E-state index in [1.165, 1.54) is 0 Å². The average Bonchev–Trinajstić information content (AvgIpc) is 2.69. The van der Waals surface area contributed by atoms with E-state index in [4.69, 9.17) is 14.2 Å². The average molecular weight is 357 g/mol. The summed E-state index contributed by atoms with van der Waals surface area (Å²) in [5.74, 6) is 3.72. The Balaban J connectivity index is 1.49. The standard InChI is InChI=1S/C20H27N3O3/c1-15-14-21-20(25-3)19(22-15)23-11-8-16(9-12-23)10-13-26-18-7-5-4-6-17(18)24-2/h4-7,14,16H,8-13H2,1-3H3. The van der Waals surface area contributed by atoms with Crippen molar-refractivity contribution in [2.75, 3.05) is 38.8 Å². The molecule has 140 valence electrons. The molecule has 6 nitrogen and oxygen atoms in total. The molecule has 0 saturated carbocycles. The van der Waals surface area contributed by atoms with Gasteiger partial charge in [0.25, 0.3) is 5.88 Å². The highest BCUT2D eigenvalue weighted by molar-refractivity contribution is 5.48. The summed E-state index contributed by atoms with van der Waals surface area (Å²) in [7, 11) is 3.31. The van der Waals surface area contributed by atoms with Crippen molar-refractivity contribution in [2.45, 2.75) is 26.2 Å². The van der Waals surface area contributed by atoms with Crippen LogP contribution in [0.1, 0.15) is 25.0 Å². The maximum atomic E-state index is 5.91. The number of aryl methyl sites for hydroxylation is 1. The van der Waals surface area contributed by atoms with Crippen molar-refractivity contribution < 1.29 is 14.2 Å². The van der Waals surface area contributed by atoms with Crippen LogP contribution in [-0.2, 0) is 0 Å². The number of benzene rings is 1. The van der Waals surface area contributed by atoms with Gasteiger partial charge in [-0.15, -0.1) is 0 Å². The first-order valence-corrected chi connectivity index (χ1v) is 9.09. The van der Waals surface area contributed by atoms with E-state index in [0.29, 0.717) is 18.4 Å². The van der Waals surface area contributed by atoms with Gasteiger partial charge in [-0.25, -0.2) is 9.97 Å². The number of piperidine rings is 1. The minimum atomic E-state index is 0.605. The molecule has 0 aliphatic carbocycles. The van der Waals surface area contributed by atoms with Crippen molar-refractivity contribution in [3.8, 4) is 17.4 Å². The van der Waals surface area contributed by atoms with Crippen molar-refractivity contribution in [1.82, 2.24) is 9.97 Å². The number of aromatic nitrogens is 2. The molecule has 0 bridgehead atoms. The molecule has 1 aliphatic heterocycles. The minimum absolute atomic E-state index is 0.605. The van der Waals surface area contributed by atoms with Gasteiger partial charge in [0, 0.05) is 13.1 Å². The van der Waals surface area contributed by atoms with Gasteiger partial charge in [0.2, 0.25) is 0 Å². The van der Waals surface area contributed by atoms with Crippen molar-refractivity contribution >= 4 is 5.82 Å². The molecule has 0 unspecified atom stereocenters. The smallest absolute Gasteiger partial charge is 0.257 e. The van der Waals surface area contributed by atoms with Crippen LogP contribution in [0, 0.1) is 12.8 Å². The van der Waals surface area contributed by atoms with E-state index in [1.54, 1.807) is 20.4 Å². The lowest BCUT2D eigenvalue weighted by molar-refractivity contribution is 0.248. The van der Waals surface area contributed by atoms with Gasteiger partial charge in [0.15, 0.2) is 17.3 Å². The maximum absolute atomic E-state index is 5.91. The first-order valence-electron chi connectivity index (χ1n) is 9.09. The summed E-state index contributed by atoms with van der Waals surface area (Å²) in [4.78, 5) is 11.2. The minimum Gasteiger partial charge on any atom is -0.493 e. The summed E-state index contributed by atoms with van der Waals surface area (Å²) in [6.07, 6.45) is 5.02. The Hall–Kier alpha value is -2.50. The van der Waals surface area contributed by atoms with Crippen molar-refractivity contribution in [1.29, 1.82) is 0 Å². The van der Waals surface area contributed by atoms with Crippen LogP contribution < -0.4 is 19.1 Å². The number of nitrogens with zero attached hydrogens (tertiary/aromatic N) is 3. The van der Waals surface area contributed by atoms with Crippen LogP contribution in [0.25, 0.3) is 0 Å². The van der Waals surface area contributed by atoms with Gasteiger partial charge in [-0.3, -0.25) is 0 Å². The molecule has 1 aliphatic rings. The second kappa shape index (κ2) is 8.74. The predicted molar refractivity (Wildman–Crippen MR) is 101 cm³/mol. The topological polar surface area (TPSA) is 56.7 Å². The molecule has 0 radical (unpaired) electrons. The van der Waals surface area contributed by atoms with Crippen molar-refractivity contribution in [3.63, 3.8) is 0 Å². The summed E-state index contributed by atoms with van der Waals surface area (Å²) < 4.78 is 16.6. The van der Waals surface area contributed by atoms with Crippen LogP contribution in [0.3, 0.4) is 0 Å². The second-order valence-corrected chi connectivity index (χ2v) is 6.56. The first kappa shape index (κ1) is 18.3. The molecule has 3 rings (SSSR count). The number of anilines is 1. The highest BCUT2D eigenvalue weighted by Crippen LogP contribution is 2.30. The van der Waals surface area contributed by atoms with Crippen LogP contribution in [0.4, 0.5) is 5.82 Å². The molecule has 0 N–H and O–H groups in total. The molecule has 2 heterocycles. The van der Waals surface area contributed by atoms with E-state index in [9.17, 15) is 0 Å². The molecule has 2 aromatic rings. The Kier molecular flexibility index (Phi) is 6.15. The normalized spacial score (nSPS) is 15.0. The van der Waals surface area contributed by atoms with Crippen LogP contribution in [0.2, 0.25) is 0 Å². The highest BCUT2D eigenvalue weighted by atomic mass is 16.5. The zero-order chi connectivity index (χ0) is 18.4. The molecule has 1 saturated heterocycles. The van der Waals surface area contributed by atoms with E-state index in [2.05, 4.69) is 14.9 Å². The zero-order valence-corrected chi connectivity index (χ0v) is 15.8. The SMILES string of the molecule is COc1ccccc1OCCC1CCN(c2nc(C)cnc2OC)CC1. The molecule has 0 spiro atoms. The van der Waals surface area contributed by atoms with E-state index >= 15 is 0 Å². The summed E-state index contributed by atoms with van der Waals surface area (Å²) in [5, 5.41) is 0. The Morgan fingerprint density at radius 2 is 1.81 bits per heavy atom. The highest BCUT2D eigenvalue weighted by Gasteiger charge is 2.23. The molecule has 26 heavy (non-hydrogen) atoms. The van der Waals surface area contributed by atoms with Gasteiger partial charge in [0.1, 0.15) is 0 Å². The third-order valence-corrected chi connectivity index (χ3v) is 4.80. The predicted octanol–water partition coefficient (Wildman–Crippen LogP) is 3.49. The third-order valence-electron chi connectivity index (χ3n) is 4.80. The van der Waals surface area contributed by atoms with Crippen LogP contribution in [-0.4, -0.2) is 43.9 Å². The second-order valence-electron chi connectivity index (χ2n) is 6.56. The molecule has 1 fully saturated rings. The van der Waals surface area contributed by atoms with Gasteiger partial charge in [-0.05, 0) is 44.2 Å². The number of para-hydroxylation sites is 2.